The molecule has 1 heterocycles. The number of anilines is 1. The Morgan fingerprint density at radius 2 is 1.91 bits per heavy atom. The molecule has 0 aromatic heterocycles. The van der Waals surface area contributed by atoms with E-state index in [1.54, 1.807) is 18.2 Å². The largest absolute Gasteiger partial charge is 0.350 e. The van der Waals surface area contributed by atoms with Gasteiger partial charge in [0.05, 0.1) is 15.7 Å². The summed E-state index contributed by atoms with van der Waals surface area (Å²) in [6.45, 7) is 4.05. The van der Waals surface area contributed by atoms with Crippen LogP contribution in [-0.2, 0) is 16.0 Å². The number of carbonyl (C=O) groups excluding carboxylic acids is 2. The van der Waals surface area contributed by atoms with E-state index in [4.69, 9.17) is 23.2 Å². The molecule has 0 saturated carbocycles. The number of hydrogen-bond acceptors (Lipinski definition) is 2. The molecule has 0 spiro atoms. The molecule has 2 aromatic carbocycles. The minimum Gasteiger partial charge on any atom is -0.350 e. The quantitative estimate of drug-likeness (QED) is 0.531. The molecule has 1 aliphatic heterocycles. The molecule has 0 radical (unpaired) electrons. The number of piperidine rings is 1. The van der Waals surface area contributed by atoms with Crippen molar-refractivity contribution >= 4 is 46.8 Å². The normalized spacial score (nSPS) is 16.8. The van der Waals surface area contributed by atoms with Crippen LogP contribution in [0.25, 0.3) is 6.08 Å². The molecular weight excluding hydrogens is 457 g/mol. The van der Waals surface area contributed by atoms with E-state index in [1.807, 2.05) is 13.8 Å². The SMILES string of the molecule is CC(C)NC(=O)/C=C/c1cc(Cl)c(N2CC(Cc3ccc(F)cc3F)CCC2=O)c(Cl)c1. The second-order valence-electron chi connectivity index (χ2n) is 8.18. The van der Waals surface area contributed by atoms with Crippen LogP contribution in [0.3, 0.4) is 0 Å². The predicted octanol–water partition coefficient (Wildman–Crippen LogP) is 5.80. The molecule has 3 rings (SSSR count). The van der Waals surface area contributed by atoms with Crippen molar-refractivity contribution in [2.45, 2.75) is 39.2 Å². The first kappa shape index (κ1) is 24.2. The van der Waals surface area contributed by atoms with Crippen LogP contribution >= 0.6 is 23.2 Å². The molecule has 1 aliphatic rings. The van der Waals surface area contributed by atoms with Crippen molar-refractivity contribution < 1.29 is 18.4 Å². The summed E-state index contributed by atoms with van der Waals surface area (Å²) in [6, 6.07) is 6.82. The van der Waals surface area contributed by atoms with Gasteiger partial charge in [-0.15, -0.1) is 0 Å². The zero-order chi connectivity index (χ0) is 23.4. The number of benzene rings is 2. The third-order valence-corrected chi connectivity index (χ3v) is 5.78. The topological polar surface area (TPSA) is 49.4 Å². The third-order valence-electron chi connectivity index (χ3n) is 5.20. The number of nitrogens with zero attached hydrogens (tertiary/aromatic N) is 1. The van der Waals surface area contributed by atoms with E-state index in [1.165, 1.54) is 23.1 Å². The molecule has 4 nitrogen and oxygen atoms in total. The molecule has 2 amide bonds. The summed E-state index contributed by atoms with van der Waals surface area (Å²) in [4.78, 5) is 26.0. The molecular formula is C24H24Cl2F2N2O2. The summed E-state index contributed by atoms with van der Waals surface area (Å²) in [5.41, 5.74) is 1.42. The second-order valence-corrected chi connectivity index (χ2v) is 8.99. The average molecular weight is 481 g/mol. The first-order valence-electron chi connectivity index (χ1n) is 10.4. The van der Waals surface area contributed by atoms with Crippen molar-refractivity contribution in [3.63, 3.8) is 0 Å². The maximum absolute atomic E-state index is 14.1. The molecule has 0 aliphatic carbocycles. The van der Waals surface area contributed by atoms with Crippen LogP contribution in [-0.4, -0.2) is 24.4 Å². The lowest BCUT2D eigenvalue weighted by molar-refractivity contribution is -0.120. The van der Waals surface area contributed by atoms with Crippen molar-refractivity contribution in [1.29, 1.82) is 0 Å². The van der Waals surface area contributed by atoms with E-state index in [0.29, 0.717) is 36.2 Å². The number of amides is 2. The van der Waals surface area contributed by atoms with Gasteiger partial charge >= 0.3 is 0 Å². The van der Waals surface area contributed by atoms with Crippen LogP contribution in [0.1, 0.15) is 37.8 Å². The summed E-state index contributed by atoms with van der Waals surface area (Å²) in [6.07, 6.45) is 4.22. The van der Waals surface area contributed by atoms with Crippen LogP contribution in [0.2, 0.25) is 10.0 Å². The highest BCUT2D eigenvalue weighted by Crippen LogP contribution is 2.38. The monoisotopic (exact) mass is 480 g/mol. The average Bonchev–Trinajstić information content (AvgIpc) is 2.70. The summed E-state index contributed by atoms with van der Waals surface area (Å²) in [5.74, 6) is -1.61. The van der Waals surface area contributed by atoms with Gasteiger partial charge in [-0.1, -0.05) is 29.3 Å². The van der Waals surface area contributed by atoms with Crippen LogP contribution in [0.4, 0.5) is 14.5 Å². The molecule has 32 heavy (non-hydrogen) atoms. The number of nitrogens with one attached hydrogen (secondary N) is 1. The molecule has 1 unspecified atom stereocenters. The van der Waals surface area contributed by atoms with Crippen LogP contribution < -0.4 is 10.2 Å². The Kier molecular flexibility index (Phi) is 7.91. The molecule has 1 fully saturated rings. The molecule has 0 bridgehead atoms. The standard InChI is InChI=1S/C24H24Cl2F2N2O2/c1-14(2)29-22(31)7-3-15-10-19(25)24(20(26)11-15)30-13-16(4-8-23(30)32)9-17-5-6-18(27)12-21(17)28/h3,5-7,10-12,14,16H,4,8-9,13H2,1-2H3,(H,29,31)/b7-3+. The maximum Gasteiger partial charge on any atom is 0.244 e. The molecule has 170 valence electrons. The fourth-order valence-electron chi connectivity index (χ4n) is 3.74. The molecule has 1 atom stereocenters. The van der Waals surface area contributed by atoms with Crippen molar-refractivity contribution in [2.24, 2.45) is 5.92 Å². The summed E-state index contributed by atoms with van der Waals surface area (Å²) in [5, 5.41) is 3.31. The van der Waals surface area contributed by atoms with E-state index in [9.17, 15) is 18.4 Å². The van der Waals surface area contributed by atoms with Gasteiger partial charge < -0.3 is 10.2 Å². The number of carbonyl (C=O) groups is 2. The lowest BCUT2D eigenvalue weighted by Crippen LogP contribution is -2.41. The molecule has 8 heteroatoms. The Balaban J connectivity index is 1.78. The zero-order valence-corrected chi connectivity index (χ0v) is 19.3. The van der Waals surface area contributed by atoms with Gasteiger partial charge in [0.25, 0.3) is 0 Å². The predicted molar refractivity (Wildman–Crippen MR) is 124 cm³/mol. The smallest absolute Gasteiger partial charge is 0.244 e. The van der Waals surface area contributed by atoms with Gasteiger partial charge in [-0.2, -0.15) is 0 Å². The highest BCUT2D eigenvalue weighted by Gasteiger charge is 2.30. The van der Waals surface area contributed by atoms with Gasteiger partial charge in [0.1, 0.15) is 11.6 Å². The van der Waals surface area contributed by atoms with Crippen LogP contribution in [0.15, 0.2) is 36.4 Å². The second kappa shape index (κ2) is 10.5. The van der Waals surface area contributed by atoms with Gasteiger partial charge in [0, 0.05) is 31.1 Å². The van der Waals surface area contributed by atoms with Crippen LogP contribution in [0, 0.1) is 17.6 Å². The fraction of sp³-hybridized carbons (Fsp3) is 0.333. The van der Waals surface area contributed by atoms with E-state index < -0.39 is 11.6 Å². The van der Waals surface area contributed by atoms with Gasteiger partial charge in [-0.05, 0) is 68.0 Å². The minimum absolute atomic E-state index is 0.0168. The van der Waals surface area contributed by atoms with Crippen molar-refractivity contribution in [1.82, 2.24) is 5.32 Å². The summed E-state index contributed by atoms with van der Waals surface area (Å²) >= 11 is 12.9. The number of halogens is 4. The first-order chi connectivity index (χ1) is 15.1. The van der Waals surface area contributed by atoms with E-state index in [-0.39, 0.29) is 40.2 Å². The Hall–Kier alpha value is -2.44. The van der Waals surface area contributed by atoms with E-state index in [0.717, 1.165) is 6.07 Å². The van der Waals surface area contributed by atoms with Crippen LogP contribution in [0.5, 0.6) is 0 Å². The molecule has 2 aromatic rings. The van der Waals surface area contributed by atoms with Gasteiger partial charge in [0.15, 0.2) is 0 Å². The number of hydrogen-bond donors (Lipinski definition) is 1. The fourth-order valence-corrected chi connectivity index (χ4v) is 4.45. The lowest BCUT2D eigenvalue weighted by atomic mass is 9.90. The Bertz CT molecular complexity index is 1030. The lowest BCUT2D eigenvalue weighted by Gasteiger charge is -2.34. The highest BCUT2D eigenvalue weighted by atomic mass is 35.5. The number of rotatable bonds is 6. The van der Waals surface area contributed by atoms with E-state index >= 15 is 0 Å². The third kappa shape index (κ3) is 6.08. The van der Waals surface area contributed by atoms with Gasteiger partial charge in [-0.25, -0.2) is 8.78 Å². The molecule has 1 saturated heterocycles. The summed E-state index contributed by atoms with van der Waals surface area (Å²) < 4.78 is 27.3. The highest BCUT2D eigenvalue weighted by molar-refractivity contribution is 6.40. The Labute approximate surface area is 196 Å². The zero-order valence-electron chi connectivity index (χ0n) is 17.8. The Morgan fingerprint density at radius 1 is 1.22 bits per heavy atom. The van der Waals surface area contributed by atoms with Crippen molar-refractivity contribution in [2.75, 3.05) is 11.4 Å². The minimum atomic E-state index is -0.624. The molecule has 1 N–H and O–H groups in total. The van der Waals surface area contributed by atoms with Gasteiger partial charge in [0.2, 0.25) is 11.8 Å². The van der Waals surface area contributed by atoms with Crippen molar-refractivity contribution in [3.05, 3.63) is 69.2 Å². The van der Waals surface area contributed by atoms with E-state index in [2.05, 4.69) is 5.32 Å². The first-order valence-corrected chi connectivity index (χ1v) is 11.1. The van der Waals surface area contributed by atoms with Gasteiger partial charge in [-0.3, -0.25) is 9.59 Å². The maximum atomic E-state index is 14.1. The Morgan fingerprint density at radius 3 is 2.53 bits per heavy atom. The van der Waals surface area contributed by atoms with Crippen molar-refractivity contribution in [3.8, 4) is 0 Å². The summed E-state index contributed by atoms with van der Waals surface area (Å²) in [7, 11) is 0.